The summed E-state index contributed by atoms with van der Waals surface area (Å²) in [6, 6.07) is 14.0. The van der Waals surface area contributed by atoms with Gasteiger partial charge in [-0.1, -0.05) is 18.2 Å². The molecule has 2 aromatic carbocycles. The minimum Gasteiger partial charge on any atom is -0.484 e. The van der Waals surface area contributed by atoms with Crippen LogP contribution in [0.25, 0.3) is 10.9 Å². The van der Waals surface area contributed by atoms with Crippen LogP contribution in [0.2, 0.25) is 0 Å². The number of aromatic nitrogens is 1. The summed E-state index contributed by atoms with van der Waals surface area (Å²) in [7, 11) is 0. The van der Waals surface area contributed by atoms with Gasteiger partial charge in [0.1, 0.15) is 5.75 Å². The van der Waals surface area contributed by atoms with E-state index in [9.17, 15) is 9.59 Å². The number of carbonyl (C=O) groups excluding carboxylic acids is 2. The number of aryl methyl sites for hydroxylation is 1. The Hall–Kier alpha value is -3.28. The average molecular weight is 403 g/mol. The zero-order valence-corrected chi connectivity index (χ0v) is 16.8. The van der Waals surface area contributed by atoms with Gasteiger partial charge in [0.2, 0.25) is 5.91 Å². The molecule has 2 N–H and O–H groups in total. The maximum absolute atomic E-state index is 12.6. The molecule has 3 heterocycles. The maximum atomic E-state index is 12.6. The first kappa shape index (κ1) is 18.7. The number of aromatic amines is 1. The lowest BCUT2D eigenvalue weighted by molar-refractivity contribution is -0.134. The number of hydrogen-bond acceptors (Lipinski definition) is 3. The van der Waals surface area contributed by atoms with Crippen LogP contribution in [-0.2, 0) is 16.0 Å². The fraction of sp³-hybridized carbons (Fsp3) is 0.333. The number of fused-ring (bicyclic) bond motifs is 2. The van der Waals surface area contributed by atoms with Crippen molar-refractivity contribution >= 4 is 28.4 Å². The molecule has 1 fully saturated rings. The highest BCUT2D eigenvalue weighted by Crippen LogP contribution is 2.33. The molecule has 0 atom stereocenters. The lowest BCUT2D eigenvalue weighted by atomic mass is 9.89. The van der Waals surface area contributed by atoms with Crippen molar-refractivity contribution in [3.63, 3.8) is 0 Å². The van der Waals surface area contributed by atoms with Crippen LogP contribution in [0.5, 0.6) is 5.75 Å². The molecular weight excluding hydrogens is 378 g/mol. The van der Waals surface area contributed by atoms with E-state index in [4.69, 9.17) is 4.74 Å². The number of para-hydroxylation sites is 1. The van der Waals surface area contributed by atoms with Gasteiger partial charge in [-0.2, -0.15) is 0 Å². The number of ether oxygens (including phenoxy) is 1. The van der Waals surface area contributed by atoms with Gasteiger partial charge in [0, 0.05) is 42.3 Å². The van der Waals surface area contributed by atoms with Gasteiger partial charge < -0.3 is 19.9 Å². The third kappa shape index (κ3) is 3.65. The molecule has 1 saturated heterocycles. The molecule has 6 heteroatoms. The average Bonchev–Trinajstić information content (AvgIpc) is 3.22. The lowest BCUT2D eigenvalue weighted by Gasteiger charge is -2.32. The van der Waals surface area contributed by atoms with Gasteiger partial charge in [-0.25, -0.2) is 0 Å². The Morgan fingerprint density at radius 1 is 1.10 bits per heavy atom. The van der Waals surface area contributed by atoms with E-state index in [1.165, 1.54) is 16.5 Å². The van der Waals surface area contributed by atoms with E-state index in [0.717, 1.165) is 37.2 Å². The van der Waals surface area contributed by atoms with E-state index in [1.54, 1.807) is 6.07 Å². The van der Waals surface area contributed by atoms with Crippen LogP contribution >= 0.6 is 0 Å². The van der Waals surface area contributed by atoms with Gasteiger partial charge in [-0.05, 0) is 60.6 Å². The zero-order chi connectivity index (χ0) is 20.5. The molecule has 0 bridgehead atoms. The summed E-state index contributed by atoms with van der Waals surface area (Å²) in [4.78, 5) is 29.4. The molecule has 2 amide bonds. The van der Waals surface area contributed by atoms with E-state index in [0.29, 0.717) is 24.5 Å². The van der Waals surface area contributed by atoms with Crippen molar-refractivity contribution in [2.45, 2.75) is 31.6 Å². The van der Waals surface area contributed by atoms with Crippen LogP contribution in [0.15, 0.2) is 48.7 Å². The third-order valence-electron chi connectivity index (χ3n) is 6.24. The zero-order valence-electron chi connectivity index (χ0n) is 16.8. The molecule has 2 aliphatic heterocycles. The Balaban J connectivity index is 1.16. The van der Waals surface area contributed by atoms with Crippen molar-refractivity contribution in [1.82, 2.24) is 9.88 Å². The monoisotopic (exact) mass is 403 g/mol. The maximum Gasteiger partial charge on any atom is 0.260 e. The summed E-state index contributed by atoms with van der Waals surface area (Å²) in [6.45, 7) is 1.55. The normalized spacial score (nSPS) is 16.9. The second-order valence-corrected chi connectivity index (χ2v) is 8.10. The van der Waals surface area contributed by atoms with Crippen molar-refractivity contribution < 1.29 is 14.3 Å². The molecule has 2 aliphatic rings. The number of anilines is 1. The predicted molar refractivity (Wildman–Crippen MR) is 116 cm³/mol. The standard InChI is InChI=1S/C24H25N3O3/c28-23-8-5-17-13-18(6-7-21(17)26-23)30-15-24(29)27-11-9-16(10-12-27)20-14-25-22-4-2-1-3-19(20)22/h1-4,6-7,13-14,16,25H,5,8-12,15H2,(H,26,28). The molecule has 0 spiro atoms. The minimum atomic E-state index is 0.0263. The summed E-state index contributed by atoms with van der Waals surface area (Å²) in [5, 5.41) is 4.14. The third-order valence-corrected chi connectivity index (χ3v) is 6.24. The van der Waals surface area contributed by atoms with Gasteiger partial charge in [-0.15, -0.1) is 0 Å². The molecule has 0 saturated carbocycles. The molecule has 0 aliphatic carbocycles. The van der Waals surface area contributed by atoms with Crippen molar-refractivity contribution in [1.29, 1.82) is 0 Å². The summed E-state index contributed by atoms with van der Waals surface area (Å²) in [5.74, 6) is 1.22. The quantitative estimate of drug-likeness (QED) is 0.695. The van der Waals surface area contributed by atoms with Crippen LogP contribution in [-0.4, -0.2) is 41.4 Å². The van der Waals surface area contributed by atoms with E-state index >= 15 is 0 Å². The van der Waals surface area contributed by atoms with Crippen LogP contribution in [0.4, 0.5) is 5.69 Å². The number of nitrogens with zero attached hydrogens (tertiary/aromatic N) is 1. The van der Waals surface area contributed by atoms with Crippen LogP contribution in [0.3, 0.4) is 0 Å². The van der Waals surface area contributed by atoms with Crippen molar-refractivity contribution in [3.8, 4) is 5.75 Å². The number of hydrogen-bond donors (Lipinski definition) is 2. The van der Waals surface area contributed by atoms with Crippen molar-refractivity contribution in [2.24, 2.45) is 0 Å². The number of amides is 2. The molecular formula is C24H25N3O3. The largest absolute Gasteiger partial charge is 0.484 e. The van der Waals surface area contributed by atoms with Gasteiger partial charge in [0.05, 0.1) is 0 Å². The number of H-pyrrole nitrogens is 1. The molecule has 154 valence electrons. The highest BCUT2D eigenvalue weighted by atomic mass is 16.5. The van der Waals surface area contributed by atoms with Gasteiger partial charge in [0.25, 0.3) is 5.91 Å². The van der Waals surface area contributed by atoms with E-state index in [2.05, 4.69) is 34.7 Å². The Morgan fingerprint density at radius 3 is 2.80 bits per heavy atom. The van der Waals surface area contributed by atoms with Crippen molar-refractivity contribution in [3.05, 3.63) is 59.8 Å². The highest BCUT2D eigenvalue weighted by Gasteiger charge is 2.25. The van der Waals surface area contributed by atoms with Gasteiger partial charge >= 0.3 is 0 Å². The lowest BCUT2D eigenvalue weighted by Crippen LogP contribution is -2.40. The Labute approximate surface area is 175 Å². The number of nitrogens with one attached hydrogen (secondary N) is 2. The number of piperidine rings is 1. The van der Waals surface area contributed by atoms with E-state index < -0.39 is 0 Å². The number of likely N-dealkylation sites (tertiary alicyclic amines) is 1. The molecule has 0 unspecified atom stereocenters. The summed E-state index contributed by atoms with van der Waals surface area (Å²) >= 11 is 0. The Morgan fingerprint density at radius 2 is 1.93 bits per heavy atom. The predicted octanol–water partition coefficient (Wildman–Crippen LogP) is 3.84. The SMILES string of the molecule is O=C1CCc2cc(OCC(=O)N3CCC(c4c[nH]c5ccccc45)CC3)ccc2N1. The molecule has 6 nitrogen and oxygen atoms in total. The van der Waals surface area contributed by atoms with Gasteiger partial charge in [-0.3, -0.25) is 9.59 Å². The highest BCUT2D eigenvalue weighted by molar-refractivity contribution is 5.94. The Kier molecular flexibility index (Phi) is 4.91. The topological polar surface area (TPSA) is 74.4 Å². The number of benzene rings is 2. The van der Waals surface area contributed by atoms with Crippen molar-refractivity contribution in [2.75, 3.05) is 25.0 Å². The van der Waals surface area contributed by atoms with E-state index in [-0.39, 0.29) is 18.4 Å². The van der Waals surface area contributed by atoms with Crippen LogP contribution in [0.1, 0.15) is 36.3 Å². The first-order valence-corrected chi connectivity index (χ1v) is 10.6. The number of rotatable bonds is 4. The van der Waals surface area contributed by atoms with Crippen LogP contribution in [0, 0.1) is 0 Å². The second kappa shape index (κ2) is 7.86. The molecule has 30 heavy (non-hydrogen) atoms. The number of carbonyl (C=O) groups is 2. The Bertz CT molecular complexity index is 1100. The molecule has 1 aromatic heterocycles. The smallest absolute Gasteiger partial charge is 0.260 e. The summed E-state index contributed by atoms with van der Waals surface area (Å²) in [5.41, 5.74) is 4.42. The first-order valence-electron chi connectivity index (χ1n) is 10.6. The first-order chi connectivity index (χ1) is 14.7. The fourth-order valence-electron chi connectivity index (χ4n) is 4.56. The van der Waals surface area contributed by atoms with Gasteiger partial charge in [0.15, 0.2) is 6.61 Å². The van der Waals surface area contributed by atoms with E-state index in [1.807, 2.05) is 23.1 Å². The molecule has 0 radical (unpaired) electrons. The van der Waals surface area contributed by atoms with Crippen LogP contribution < -0.4 is 10.1 Å². The summed E-state index contributed by atoms with van der Waals surface area (Å²) in [6.07, 6.45) is 5.24. The fourth-order valence-corrected chi connectivity index (χ4v) is 4.56. The second-order valence-electron chi connectivity index (χ2n) is 8.10. The summed E-state index contributed by atoms with van der Waals surface area (Å²) < 4.78 is 5.76. The molecule has 3 aromatic rings. The minimum absolute atomic E-state index is 0.0263. The molecule has 5 rings (SSSR count).